The minimum atomic E-state index is -0.118. The molecule has 6 heteroatoms. The molecule has 2 atom stereocenters. The minimum Gasteiger partial charge on any atom is -0.342 e. The van der Waals surface area contributed by atoms with Crippen LogP contribution in [0.15, 0.2) is 0 Å². The number of nitrogens with zero attached hydrogens (tertiary/aromatic N) is 3. The molecular weight excluding hydrogens is 328 g/mol. The van der Waals surface area contributed by atoms with Crippen molar-refractivity contribution in [3.8, 4) is 0 Å². The third-order valence-corrected chi connectivity index (χ3v) is 6.63. The summed E-state index contributed by atoms with van der Waals surface area (Å²) in [6, 6.07) is 0.487. The predicted molar refractivity (Wildman–Crippen MR) is 103 cm³/mol. The lowest BCUT2D eigenvalue weighted by Crippen LogP contribution is -2.44. The van der Waals surface area contributed by atoms with E-state index < -0.39 is 0 Å². The quantitative estimate of drug-likeness (QED) is 0.737. The molecule has 148 valence electrons. The molecule has 0 aromatic rings. The van der Waals surface area contributed by atoms with E-state index >= 15 is 0 Å². The zero-order valence-electron chi connectivity index (χ0n) is 16.6. The van der Waals surface area contributed by atoms with E-state index in [9.17, 15) is 9.59 Å². The summed E-state index contributed by atoms with van der Waals surface area (Å²) < 4.78 is 0. The fourth-order valence-corrected chi connectivity index (χ4v) is 4.94. The summed E-state index contributed by atoms with van der Waals surface area (Å²) in [5.74, 6) is 1.00. The van der Waals surface area contributed by atoms with E-state index in [2.05, 4.69) is 17.1 Å². The van der Waals surface area contributed by atoms with Crippen LogP contribution in [0.25, 0.3) is 0 Å². The summed E-state index contributed by atoms with van der Waals surface area (Å²) in [7, 11) is 1.99. The number of nitrogens with one attached hydrogen (secondary N) is 1. The van der Waals surface area contributed by atoms with Crippen LogP contribution in [0.1, 0.15) is 45.4 Å². The average molecular weight is 365 g/mol. The van der Waals surface area contributed by atoms with Crippen molar-refractivity contribution in [2.75, 3.05) is 52.9 Å². The highest BCUT2D eigenvalue weighted by atomic mass is 16.2. The van der Waals surface area contributed by atoms with Gasteiger partial charge in [-0.05, 0) is 64.7 Å². The van der Waals surface area contributed by atoms with Gasteiger partial charge in [0.25, 0.3) is 0 Å². The zero-order chi connectivity index (χ0) is 18.5. The molecule has 3 saturated heterocycles. The molecule has 6 nitrogen and oxygen atoms in total. The lowest BCUT2D eigenvalue weighted by Gasteiger charge is -2.33. The maximum absolute atomic E-state index is 12.9. The molecule has 3 rings (SSSR count). The normalized spacial score (nSPS) is 28.3. The number of likely N-dealkylation sites (N-methyl/N-ethyl adjacent to an activating group) is 1. The fraction of sp³-hybridized carbons (Fsp3) is 0.900. The number of amides is 2. The van der Waals surface area contributed by atoms with Crippen molar-refractivity contribution in [3.63, 3.8) is 0 Å². The Morgan fingerprint density at radius 1 is 1.19 bits per heavy atom. The molecule has 3 heterocycles. The number of hydrogen-bond donors (Lipinski definition) is 1. The van der Waals surface area contributed by atoms with Crippen molar-refractivity contribution in [2.45, 2.75) is 51.5 Å². The molecule has 0 spiro atoms. The molecule has 1 N–H and O–H groups in total. The maximum atomic E-state index is 12.9. The molecule has 0 aromatic carbocycles. The summed E-state index contributed by atoms with van der Waals surface area (Å²) in [5.41, 5.74) is 0. The van der Waals surface area contributed by atoms with Crippen molar-refractivity contribution >= 4 is 11.8 Å². The van der Waals surface area contributed by atoms with Gasteiger partial charge in [-0.15, -0.1) is 0 Å². The van der Waals surface area contributed by atoms with Gasteiger partial charge in [0.2, 0.25) is 11.8 Å². The summed E-state index contributed by atoms with van der Waals surface area (Å²) in [4.78, 5) is 31.8. The Bertz CT molecular complexity index is 490. The first-order chi connectivity index (χ1) is 12.6. The monoisotopic (exact) mass is 364 g/mol. The van der Waals surface area contributed by atoms with E-state index in [-0.39, 0.29) is 17.7 Å². The largest absolute Gasteiger partial charge is 0.342 e. The van der Waals surface area contributed by atoms with Crippen molar-refractivity contribution in [2.24, 2.45) is 11.8 Å². The van der Waals surface area contributed by atoms with Crippen molar-refractivity contribution in [3.05, 3.63) is 0 Å². The Hall–Kier alpha value is -1.14. The number of hydrogen-bond acceptors (Lipinski definition) is 4. The standard InChI is InChI=1S/C20H36N4O2/c1-3-22-10-4-5-18(22)15-24-14-17(13-19(24)25)20(26)23-11-7-16(8-12-23)6-9-21-2/h16-18,21H,3-15H2,1-2H3. The van der Waals surface area contributed by atoms with Crippen LogP contribution in [0.5, 0.6) is 0 Å². The molecule has 0 aromatic heterocycles. The van der Waals surface area contributed by atoms with Gasteiger partial charge < -0.3 is 15.1 Å². The molecule has 0 radical (unpaired) electrons. The smallest absolute Gasteiger partial charge is 0.227 e. The van der Waals surface area contributed by atoms with Crippen LogP contribution in [-0.4, -0.2) is 85.4 Å². The lowest BCUT2D eigenvalue weighted by molar-refractivity contribution is -0.137. The lowest BCUT2D eigenvalue weighted by atomic mass is 9.92. The van der Waals surface area contributed by atoms with E-state index in [1.165, 1.54) is 19.3 Å². The summed E-state index contributed by atoms with van der Waals surface area (Å²) in [6.07, 6.45) is 6.22. The highest BCUT2D eigenvalue weighted by Gasteiger charge is 2.39. The molecule has 0 aliphatic carbocycles. The van der Waals surface area contributed by atoms with Crippen molar-refractivity contribution in [1.82, 2.24) is 20.0 Å². The Morgan fingerprint density at radius 3 is 2.65 bits per heavy atom. The van der Waals surface area contributed by atoms with Gasteiger partial charge in [0.1, 0.15) is 0 Å². The second-order valence-electron chi connectivity index (χ2n) is 8.29. The Kier molecular flexibility index (Phi) is 6.92. The maximum Gasteiger partial charge on any atom is 0.227 e. The Morgan fingerprint density at radius 2 is 1.96 bits per heavy atom. The van der Waals surface area contributed by atoms with Crippen molar-refractivity contribution < 1.29 is 9.59 Å². The zero-order valence-corrected chi connectivity index (χ0v) is 16.6. The van der Waals surface area contributed by atoms with Gasteiger partial charge in [0.15, 0.2) is 0 Å². The van der Waals surface area contributed by atoms with Crippen LogP contribution >= 0.6 is 0 Å². The predicted octanol–water partition coefficient (Wildman–Crippen LogP) is 1.17. The number of rotatable bonds is 7. The number of carbonyl (C=O) groups excluding carboxylic acids is 2. The Labute approximate surface area is 158 Å². The Balaban J connectivity index is 1.47. The molecule has 0 saturated carbocycles. The average Bonchev–Trinajstić information content (AvgIpc) is 3.26. The number of carbonyl (C=O) groups is 2. The van der Waals surface area contributed by atoms with Gasteiger partial charge in [0.05, 0.1) is 5.92 Å². The fourth-order valence-electron chi connectivity index (χ4n) is 4.94. The van der Waals surface area contributed by atoms with Gasteiger partial charge in [-0.3, -0.25) is 14.5 Å². The van der Waals surface area contributed by atoms with E-state index in [0.717, 1.165) is 58.0 Å². The third kappa shape index (κ3) is 4.58. The highest BCUT2D eigenvalue weighted by molar-refractivity contribution is 5.89. The SMILES string of the molecule is CCN1CCCC1CN1CC(C(=O)N2CCC(CCNC)CC2)CC1=O. The molecule has 2 amide bonds. The van der Waals surface area contributed by atoms with E-state index in [1.807, 2.05) is 16.8 Å². The molecule has 2 unspecified atom stereocenters. The number of piperidine rings is 1. The second kappa shape index (κ2) is 9.18. The second-order valence-corrected chi connectivity index (χ2v) is 8.29. The van der Waals surface area contributed by atoms with Gasteiger partial charge in [0, 0.05) is 38.6 Å². The van der Waals surface area contributed by atoms with E-state index in [0.29, 0.717) is 19.0 Å². The van der Waals surface area contributed by atoms with Gasteiger partial charge in [-0.1, -0.05) is 6.92 Å². The summed E-state index contributed by atoms with van der Waals surface area (Å²) in [6.45, 7) is 8.62. The first kappa shape index (κ1) is 19.6. The van der Waals surface area contributed by atoms with Crippen LogP contribution < -0.4 is 5.32 Å². The van der Waals surface area contributed by atoms with E-state index in [4.69, 9.17) is 0 Å². The molecule has 3 aliphatic rings. The van der Waals surface area contributed by atoms with Crippen LogP contribution in [-0.2, 0) is 9.59 Å². The third-order valence-electron chi connectivity index (χ3n) is 6.63. The van der Waals surface area contributed by atoms with Gasteiger partial charge in [-0.25, -0.2) is 0 Å². The van der Waals surface area contributed by atoms with Crippen LogP contribution in [0.4, 0.5) is 0 Å². The minimum absolute atomic E-state index is 0.118. The topological polar surface area (TPSA) is 55.9 Å². The van der Waals surface area contributed by atoms with Gasteiger partial charge in [-0.2, -0.15) is 0 Å². The highest BCUT2D eigenvalue weighted by Crippen LogP contribution is 2.27. The van der Waals surface area contributed by atoms with E-state index in [1.54, 1.807) is 0 Å². The van der Waals surface area contributed by atoms with Crippen LogP contribution in [0, 0.1) is 11.8 Å². The molecule has 3 aliphatic heterocycles. The first-order valence-corrected chi connectivity index (χ1v) is 10.6. The number of likely N-dealkylation sites (tertiary alicyclic amines) is 3. The molecular formula is C20H36N4O2. The van der Waals surface area contributed by atoms with Crippen LogP contribution in [0.2, 0.25) is 0 Å². The van der Waals surface area contributed by atoms with Gasteiger partial charge >= 0.3 is 0 Å². The molecule has 26 heavy (non-hydrogen) atoms. The summed E-state index contributed by atoms with van der Waals surface area (Å²) >= 11 is 0. The molecule has 0 bridgehead atoms. The van der Waals surface area contributed by atoms with Crippen LogP contribution in [0.3, 0.4) is 0 Å². The van der Waals surface area contributed by atoms with Crippen molar-refractivity contribution in [1.29, 1.82) is 0 Å². The summed E-state index contributed by atoms with van der Waals surface area (Å²) in [5, 5.41) is 3.21. The first-order valence-electron chi connectivity index (χ1n) is 10.6. The molecule has 3 fully saturated rings.